The van der Waals surface area contributed by atoms with Crippen molar-refractivity contribution in [2.75, 3.05) is 0 Å². The van der Waals surface area contributed by atoms with Crippen molar-refractivity contribution >= 4 is 0 Å². The van der Waals surface area contributed by atoms with Crippen LogP contribution in [0.3, 0.4) is 0 Å². The standard InChI is InChI=1S/C12H18FN/c1-3-11(14)6-4-10-5-7-12(13)9(2)8-10/h5,7-8,11H,3-4,6,14H2,1-2H3. The fraction of sp³-hybridized carbons (Fsp3) is 0.500. The first kappa shape index (κ1) is 11.2. The van der Waals surface area contributed by atoms with E-state index in [4.69, 9.17) is 5.73 Å². The number of nitrogens with two attached hydrogens (primary N) is 1. The largest absolute Gasteiger partial charge is 0.328 e. The van der Waals surface area contributed by atoms with Crippen LogP contribution >= 0.6 is 0 Å². The topological polar surface area (TPSA) is 26.0 Å². The van der Waals surface area contributed by atoms with E-state index in [1.54, 1.807) is 6.92 Å². The Hall–Kier alpha value is -0.890. The van der Waals surface area contributed by atoms with Crippen molar-refractivity contribution in [3.63, 3.8) is 0 Å². The highest BCUT2D eigenvalue weighted by Gasteiger charge is 2.02. The quantitative estimate of drug-likeness (QED) is 0.785. The van der Waals surface area contributed by atoms with E-state index >= 15 is 0 Å². The fourth-order valence-electron chi connectivity index (χ4n) is 1.42. The maximum Gasteiger partial charge on any atom is 0.126 e. The molecule has 0 spiro atoms. The Morgan fingerprint density at radius 1 is 1.43 bits per heavy atom. The minimum atomic E-state index is -0.131. The zero-order valence-corrected chi connectivity index (χ0v) is 8.89. The summed E-state index contributed by atoms with van der Waals surface area (Å²) in [5, 5.41) is 0. The third-order valence-corrected chi connectivity index (χ3v) is 2.55. The summed E-state index contributed by atoms with van der Waals surface area (Å²) in [5.74, 6) is -0.131. The molecule has 0 aliphatic carbocycles. The number of hydrogen-bond donors (Lipinski definition) is 1. The molecule has 0 saturated carbocycles. The van der Waals surface area contributed by atoms with Gasteiger partial charge in [0.05, 0.1) is 0 Å². The maximum atomic E-state index is 12.9. The molecular weight excluding hydrogens is 177 g/mol. The first-order valence-electron chi connectivity index (χ1n) is 5.14. The van der Waals surface area contributed by atoms with E-state index in [1.165, 1.54) is 11.6 Å². The van der Waals surface area contributed by atoms with Crippen LogP contribution in [0.2, 0.25) is 0 Å². The predicted octanol–water partition coefficient (Wildman–Crippen LogP) is 2.80. The van der Waals surface area contributed by atoms with Crippen molar-refractivity contribution < 1.29 is 4.39 Å². The van der Waals surface area contributed by atoms with Crippen LogP contribution in [0.15, 0.2) is 18.2 Å². The van der Waals surface area contributed by atoms with E-state index in [0.717, 1.165) is 19.3 Å². The van der Waals surface area contributed by atoms with Crippen molar-refractivity contribution in [3.05, 3.63) is 35.1 Å². The molecule has 0 bridgehead atoms. The van der Waals surface area contributed by atoms with E-state index in [9.17, 15) is 4.39 Å². The third-order valence-electron chi connectivity index (χ3n) is 2.55. The molecule has 0 radical (unpaired) electrons. The SMILES string of the molecule is CCC(N)CCc1ccc(F)c(C)c1. The van der Waals surface area contributed by atoms with Crippen LogP contribution in [0.4, 0.5) is 4.39 Å². The third kappa shape index (κ3) is 3.11. The van der Waals surface area contributed by atoms with Crippen LogP contribution in [0.1, 0.15) is 30.9 Å². The summed E-state index contributed by atoms with van der Waals surface area (Å²) in [6, 6.07) is 5.53. The predicted molar refractivity (Wildman–Crippen MR) is 57.7 cm³/mol. The van der Waals surface area contributed by atoms with Gasteiger partial charge in [-0.1, -0.05) is 19.1 Å². The lowest BCUT2D eigenvalue weighted by atomic mass is 10.0. The number of hydrogen-bond acceptors (Lipinski definition) is 1. The lowest BCUT2D eigenvalue weighted by molar-refractivity contribution is 0.592. The summed E-state index contributed by atoms with van der Waals surface area (Å²) in [6.07, 6.45) is 2.91. The van der Waals surface area contributed by atoms with E-state index in [2.05, 4.69) is 6.92 Å². The molecule has 1 nitrogen and oxygen atoms in total. The summed E-state index contributed by atoms with van der Waals surface area (Å²) < 4.78 is 12.9. The Morgan fingerprint density at radius 2 is 2.14 bits per heavy atom. The molecule has 0 amide bonds. The van der Waals surface area contributed by atoms with Crippen LogP contribution in [0.25, 0.3) is 0 Å². The lowest BCUT2D eigenvalue weighted by Gasteiger charge is -2.08. The molecule has 1 unspecified atom stereocenters. The molecule has 2 heteroatoms. The van der Waals surface area contributed by atoms with Crippen LogP contribution < -0.4 is 5.73 Å². The van der Waals surface area contributed by atoms with Crippen LogP contribution in [-0.2, 0) is 6.42 Å². The van der Waals surface area contributed by atoms with Gasteiger partial charge in [0.2, 0.25) is 0 Å². The molecular formula is C12H18FN. The van der Waals surface area contributed by atoms with Crippen LogP contribution in [0, 0.1) is 12.7 Å². The van der Waals surface area contributed by atoms with Crippen molar-refractivity contribution in [1.29, 1.82) is 0 Å². The summed E-state index contributed by atoms with van der Waals surface area (Å²) in [5.41, 5.74) is 7.70. The second-order valence-electron chi connectivity index (χ2n) is 3.79. The van der Waals surface area contributed by atoms with Gasteiger partial charge in [-0.05, 0) is 43.4 Å². The zero-order valence-electron chi connectivity index (χ0n) is 8.89. The van der Waals surface area contributed by atoms with Gasteiger partial charge in [-0.15, -0.1) is 0 Å². The number of benzene rings is 1. The minimum absolute atomic E-state index is 0.131. The van der Waals surface area contributed by atoms with E-state index in [0.29, 0.717) is 5.56 Å². The second kappa shape index (κ2) is 5.11. The van der Waals surface area contributed by atoms with Crippen LogP contribution in [0.5, 0.6) is 0 Å². The molecule has 14 heavy (non-hydrogen) atoms. The van der Waals surface area contributed by atoms with Gasteiger partial charge in [-0.2, -0.15) is 0 Å². The molecule has 0 fully saturated rings. The molecule has 1 rings (SSSR count). The highest BCUT2D eigenvalue weighted by atomic mass is 19.1. The zero-order chi connectivity index (χ0) is 10.6. The number of halogens is 1. The second-order valence-corrected chi connectivity index (χ2v) is 3.79. The molecule has 0 aliphatic rings. The monoisotopic (exact) mass is 195 g/mol. The summed E-state index contributed by atoms with van der Waals surface area (Å²) in [4.78, 5) is 0. The molecule has 2 N–H and O–H groups in total. The Balaban J connectivity index is 2.55. The fourth-order valence-corrected chi connectivity index (χ4v) is 1.42. The summed E-state index contributed by atoms with van der Waals surface area (Å²) >= 11 is 0. The molecule has 1 aromatic rings. The summed E-state index contributed by atoms with van der Waals surface area (Å²) in [7, 11) is 0. The van der Waals surface area contributed by atoms with E-state index in [-0.39, 0.29) is 11.9 Å². The number of aryl methyl sites for hydroxylation is 2. The van der Waals surface area contributed by atoms with E-state index < -0.39 is 0 Å². The first-order chi connectivity index (χ1) is 6.63. The molecule has 0 heterocycles. The smallest absolute Gasteiger partial charge is 0.126 e. The molecule has 78 valence electrons. The Bertz CT molecular complexity index is 296. The average molecular weight is 195 g/mol. The lowest BCUT2D eigenvalue weighted by Crippen LogP contribution is -2.19. The Morgan fingerprint density at radius 3 is 2.71 bits per heavy atom. The number of rotatable bonds is 4. The molecule has 1 aromatic carbocycles. The van der Waals surface area contributed by atoms with Gasteiger partial charge in [0.15, 0.2) is 0 Å². The minimum Gasteiger partial charge on any atom is -0.328 e. The van der Waals surface area contributed by atoms with Crippen LogP contribution in [-0.4, -0.2) is 6.04 Å². The molecule has 0 saturated heterocycles. The van der Waals surface area contributed by atoms with Crippen molar-refractivity contribution in [2.45, 2.75) is 39.2 Å². The van der Waals surface area contributed by atoms with Crippen molar-refractivity contribution in [1.82, 2.24) is 0 Å². The van der Waals surface area contributed by atoms with Gasteiger partial charge >= 0.3 is 0 Å². The van der Waals surface area contributed by atoms with Crippen molar-refractivity contribution in [3.8, 4) is 0 Å². The van der Waals surface area contributed by atoms with E-state index in [1.807, 2.05) is 12.1 Å². The van der Waals surface area contributed by atoms with Crippen molar-refractivity contribution in [2.24, 2.45) is 5.73 Å². The molecule has 0 aliphatic heterocycles. The average Bonchev–Trinajstić information content (AvgIpc) is 2.19. The van der Waals surface area contributed by atoms with Gasteiger partial charge in [0, 0.05) is 6.04 Å². The first-order valence-corrected chi connectivity index (χ1v) is 5.14. The Labute approximate surface area is 85.1 Å². The van der Waals surface area contributed by atoms with Gasteiger partial charge < -0.3 is 5.73 Å². The van der Waals surface area contributed by atoms with Gasteiger partial charge in [0.25, 0.3) is 0 Å². The van der Waals surface area contributed by atoms with Gasteiger partial charge in [-0.25, -0.2) is 4.39 Å². The highest BCUT2D eigenvalue weighted by molar-refractivity contribution is 5.24. The molecule has 0 aromatic heterocycles. The normalized spacial score (nSPS) is 12.9. The van der Waals surface area contributed by atoms with Gasteiger partial charge in [0.1, 0.15) is 5.82 Å². The molecule has 1 atom stereocenters. The summed E-state index contributed by atoms with van der Waals surface area (Å²) in [6.45, 7) is 3.87. The Kier molecular flexibility index (Phi) is 4.08. The highest BCUT2D eigenvalue weighted by Crippen LogP contribution is 2.11. The van der Waals surface area contributed by atoms with Gasteiger partial charge in [-0.3, -0.25) is 0 Å². The maximum absolute atomic E-state index is 12.9.